The maximum atomic E-state index is 12.6. The molecule has 0 bridgehead atoms. The van der Waals surface area contributed by atoms with Gasteiger partial charge in [0.1, 0.15) is 0 Å². The lowest BCUT2D eigenvalue weighted by atomic mass is 10.0. The van der Waals surface area contributed by atoms with Gasteiger partial charge in [-0.1, -0.05) is 42.5 Å². The van der Waals surface area contributed by atoms with Gasteiger partial charge in [-0.05, 0) is 42.5 Å². The van der Waals surface area contributed by atoms with Gasteiger partial charge in [-0.3, -0.25) is 9.69 Å². The fourth-order valence-corrected chi connectivity index (χ4v) is 6.95. The third-order valence-electron chi connectivity index (χ3n) is 6.97. The molecule has 39 heavy (non-hydrogen) atoms. The van der Waals surface area contributed by atoms with E-state index in [9.17, 15) is 13.2 Å². The van der Waals surface area contributed by atoms with Gasteiger partial charge in [0.25, 0.3) is 5.19 Å². The Labute approximate surface area is 231 Å². The molecule has 11 nitrogen and oxygen atoms in total. The molecule has 0 spiro atoms. The third kappa shape index (κ3) is 6.25. The van der Waals surface area contributed by atoms with Gasteiger partial charge in [0, 0.05) is 32.0 Å². The van der Waals surface area contributed by atoms with Crippen molar-refractivity contribution < 1.29 is 27.2 Å². The predicted octanol–water partition coefficient (Wildman–Crippen LogP) is 4.18. The van der Waals surface area contributed by atoms with Crippen LogP contribution in [0.25, 0.3) is 15.8 Å². The minimum atomic E-state index is -3.52. The normalized spacial score (nSPS) is 18.9. The number of rotatable bonds is 9. The summed E-state index contributed by atoms with van der Waals surface area (Å²) in [5.74, 6) is 0.0887. The van der Waals surface area contributed by atoms with Crippen LogP contribution in [0.3, 0.4) is 0 Å². The Morgan fingerprint density at radius 3 is 2.79 bits per heavy atom. The Morgan fingerprint density at radius 2 is 2.08 bits per heavy atom. The molecule has 0 N–H and O–H groups in total. The lowest BCUT2D eigenvalue weighted by Crippen LogP contribution is -2.43. The van der Waals surface area contributed by atoms with Crippen LogP contribution in [0, 0.1) is 0 Å². The molecule has 1 saturated heterocycles. The summed E-state index contributed by atoms with van der Waals surface area (Å²) in [7, 11) is -2.27. The molecular weight excluding hydrogens is 542 g/mol. The van der Waals surface area contributed by atoms with Crippen LogP contribution >= 0.6 is 11.3 Å². The van der Waals surface area contributed by atoms with Gasteiger partial charge < -0.3 is 14.0 Å². The average molecular weight is 576 g/mol. The van der Waals surface area contributed by atoms with Crippen molar-refractivity contribution in [1.29, 1.82) is 0 Å². The molecule has 1 unspecified atom stereocenters. The number of ether oxygens (including phenoxy) is 2. The van der Waals surface area contributed by atoms with Crippen LogP contribution in [0.1, 0.15) is 63.3 Å². The molecule has 0 radical (unpaired) electrons. The zero-order valence-electron chi connectivity index (χ0n) is 22.3. The number of anilines is 1. The lowest BCUT2D eigenvalue weighted by molar-refractivity contribution is -0.140. The van der Waals surface area contributed by atoms with Crippen molar-refractivity contribution >= 4 is 49.1 Å². The van der Waals surface area contributed by atoms with E-state index in [0.717, 1.165) is 47.2 Å². The molecule has 1 aromatic carbocycles. The fraction of sp³-hybridized carbons (Fsp3) is 0.538. The molecule has 210 valence electrons. The molecule has 13 heteroatoms. The Bertz CT molecular complexity index is 1460. The maximum Gasteiger partial charge on any atom is 0.326 e. The molecule has 3 aromatic rings. The molecule has 0 saturated carbocycles. The third-order valence-corrected chi connectivity index (χ3v) is 9.72. The quantitative estimate of drug-likeness (QED) is 0.343. The van der Waals surface area contributed by atoms with E-state index in [1.165, 1.54) is 22.8 Å². The zero-order valence-corrected chi connectivity index (χ0v) is 24.0. The van der Waals surface area contributed by atoms with E-state index in [0.29, 0.717) is 30.0 Å². The highest BCUT2D eigenvalue weighted by atomic mass is 32.2. The summed E-state index contributed by atoms with van der Waals surface area (Å²) < 4.78 is 44.0. The van der Waals surface area contributed by atoms with Crippen molar-refractivity contribution in [3.05, 3.63) is 35.7 Å². The van der Waals surface area contributed by atoms with Gasteiger partial charge in [0.2, 0.25) is 10.0 Å². The Morgan fingerprint density at radius 1 is 1.23 bits per heavy atom. The summed E-state index contributed by atoms with van der Waals surface area (Å²) in [5, 5.41) is 4.69. The molecule has 1 atom stereocenters. The van der Waals surface area contributed by atoms with E-state index in [-0.39, 0.29) is 30.9 Å². The first-order chi connectivity index (χ1) is 18.7. The second kappa shape index (κ2) is 11.6. The first-order valence-electron chi connectivity index (χ1n) is 13.1. The Hall–Kier alpha value is -3.03. The standard InChI is InChI=1S/C26H33N5O6S2/c1-17(2)24-28-25(37-29-24)31-12-5-4-6-22(31)36-26-27-20-8-7-19(16-21(20)38-26)18-9-13-30(14-10-18)39(33,34)15-11-23(32)35-3/h7-9,16-17,22H,4-6,10-15H2,1-3H3. The molecule has 0 aliphatic carbocycles. The Kier molecular flexibility index (Phi) is 8.19. The number of carbonyl (C=O) groups excluding carboxylic acids is 1. The summed E-state index contributed by atoms with van der Waals surface area (Å²) in [5.41, 5.74) is 2.98. The van der Waals surface area contributed by atoms with Crippen LogP contribution in [-0.4, -0.2) is 72.5 Å². The van der Waals surface area contributed by atoms with E-state index in [1.54, 1.807) is 0 Å². The van der Waals surface area contributed by atoms with Crippen molar-refractivity contribution in [2.45, 2.75) is 58.1 Å². The molecule has 2 aliphatic heterocycles. The second-order valence-electron chi connectivity index (χ2n) is 9.99. The Balaban J connectivity index is 1.27. The van der Waals surface area contributed by atoms with Crippen LogP contribution in [0.15, 0.2) is 28.8 Å². The minimum Gasteiger partial charge on any atom is -0.469 e. The molecule has 2 aliphatic rings. The number of hydrogen-bond donors (Lipinski definition) is 0. The van der Waals surface area contributed by atoms with Crippen molar-refractivity contribution in [2.75, 3.05) is 37.4 Å². The molecule has 1 fully saturated rings. The lowest BCUT2D eigenvalue weighted by Gasteiger charge is -2.33. The highest BCUT2D eigenvalue weighted by molar-refractivity contribution is 7.89. The molecular formula is C26H33N5O6S2. The summed E-state index contributed by atoms with van der Waals surface area (Å²) in [4.78, 5) is 22.6. The number of aromatic nitrogens is 3. The number of thiazole rings is 1. The second-order valence-corrected chi connectivity index (χ2v) is 13.1. The van der Waals surface area contributed by atoms with Crippen LogP contribution in [0.5, 0.6) is 5.19 Å². The minimum absolute atomic E-state index is 0.148. The zero-order chi connectivity index (χ0) is 27.6. The predicted molar refractivity (Wildman–Crippen MR) is 148 cm³/mol. The SMILES string of the molecule is COC(=O)CCS(=O)(=O)N1CC=C(c2ccc3nc(OC4CCCCN4c4nc(C(C)C)no4)sc3c2)CC1. The van der Waals surface area contributed by atoms with Gasteiger partial charge >= 0.3 is 12.0 Å². The van der Waals surface area contributed by atoms with Crippen LogP contribution in [0.2, 0.25) is 0 Å². The molecule has 5 rings (SSSR count). The van der Waals surface area contributed by atoms with Gasteiger partial charge in [-0.2, -0.15) is 9.29 Å². The summed E-state index contributed by atoms with van der Waals surface area (Å²) >= 11 is 1.49. The van der Waals surface area contributed by atoms with Crippen LogP contribution in [0.4, 0.5) is 6.01 Å². The van der Waals surface area contributed by atoms with E-state index in [2.05, 4.69) is 20.9 Å². The first kappa shape index (κ1) is 27.5. The average Bonchev–Trinajstić information content (AvgIpc) is 3.59. The molecule has 2 aromatic heterocycles. The van der Waals surface area contributed by atoms with Crippen molar-refractivity contribution in [2.24, 2.45) is 0 Å². The number of nitrogens with zero attached hydrogens (tertiary/aromatic N) is 5. The van der Waals surface area contributed by atoms with E-state index >= 15 is 0 Å². The van der Waals surface area contributed by atoms with E-state index in [4.69, 9.17) is 14.2 Å². The summed E-state index contributed by atoms with van der Waals surface area (Å²) in [6.07, 6.45) is 5.07. The smallest absolute Gasteiger partial charge is 0.326 e. The number of esters is 1. The summed E-state index contributed by atoms with van der Waals surface area (Å²) in [6.45, 7) is 5.49. The van der Waals surface area contributed by atoms with E-state index < -0.39 is 16.0 Å². The van der Waals surface area contributed by atoms with Crippen molar-refractivity contribution in [3.8, 4) is 5.19 Å². The molecule has 4 heterocycles. The topological polar surface area (TPSA) is 128 Å². The van der Waals surface area contributed by atoms with Crippen molar-refractivity contribution in [3.63, 3.8) is 0 Å². The number of benzene rings is 1. The molecule has 0 amide bonds. The number of piperidine rings is 1. The largest absolute Gasteiger partial charge is 0.469 e. The van der Waals surface area contributed by atoms with Crippen molar-refractivity contribution in [1.82, 2.24) is 19.4 Å². The highest BCUT2D eigenvalue weighted by Crippen LogP contribution is 2.34. The number of methoxy groups -OCH3 is 1. The fourth-order valence-electron chi connectivity index (χ4n) is 4.70. The van der Waals surface area contributed by atoms with Gasteiger partial charge in [-0.25, -0.2) is 13.4 Å². The number of hydrogen-bond acceptors (Lipinski definition) is 11. The number of sulfonamides is 1. The monoisotopic (exact) mass is 575 g/mol. The van der Waals surface area contributed by atoms with Gasteiger partial charge in [0.05, 0.1) is 29.5 Å². The van der Waals surface area contributed by atoms with E-state index in [1.807, 2.05) is 37.0 Å². The van der Waals surface area contributed by atoms with Gasteiger partial charge in [0.15, 0.2) is 12.1 Å². The number of carbonyl (C=O) groups is 1. The van der Waals surface area contributed by atoms with Crippen LogP contribution in [-0.2, 0) is 19.6 Å². The van der Waals surface area contributed by atoms with Crippen LogP contribution < -0.4 is 9.64 Å². The number of fused-ring (bicyclic) bond motifs is 1. The van der Waals surface area contributed by atoms with Gasteiger partial charge in [-0.15, -0.1) is 0 Å². The first-order valence-corrected chi connectivity index (χ1v) is 15.6. The highest BCUT2D eigenvalue weighted by Gasteiger charge is 2.30. The maximum absolute atomic E-state index is 12.6. The summed E-state index contributed by atoms with van der Waals surface area (Å²) in [6, 6.07) is 6.55.